The van der Waals surface area contributed by atoms with Crippen molar-refractivity contribution in [2.45, 2.75) is 91.9 Å². The second-order valence-corrected chi connectivity index (χ2v) is 5.70. The van der Waals surface area contributed by atoms with Gasteiger partial charge in [0.05, 0.1) is 24.7 Å². The van der Waals surface area contributed by atoms with E-state index in [1.165, 1.54) is 19.3 Å². The summed E-state index contributed by atoms with van der Waals surface area (Å²) >= 11 is 0. The summed E-state index contributed by atoms with van der Waals surface area (Å²) in [7, 11) is 0. The van der Waals surface area contributed by atoms with Crippen LogP contribution in [0.5, 0.6) is 0 Å². The van der Waals surface area contributed by atoms with E-state index in [9.17, 15) is 5.11 Å². The topological polar surface area (TPSA) is 20.2 Å². The Kier molecular flexibility index (Phi) is 7.34. The van der Waals surface area contributed by atoms with Crippen LogP contribution in [0.15, 0.2) is 0 Å². The van der Waals surface area contributed by atoms with Gasteiger partial charge in [-0.05, 0) is 47.0 Å². The number of hydrogen-bond donors (Lipinski definition) is 1. The predicted octanol–water partition coefficient (Wildman–Crippen LogP) is 3.58. The summed E-state index contributed by atoms with van der Waals surface area (Å²) in [4.78, 5) is 0. The minimum Gasteiger partial charge on any atom is -0.390 e. The van der Waals surface area contributed by atoms with Crippen LogP contribution in [0.3, 0.4) is 0 Å². The molecule has 2 nitrogen and oxygen atoms in total. The van der Waals surface area contributed by atoms with Crippen molar-refractivity contribution < 1.29 is 9.59 Å². The summed E-state index contributed by atoms with van der Waals surface area (Å²) in [5.74, 6) is 0. The Hall–Kier alpha value is -0.0800. The van der Waals surface area contributed by atoms with Gasteiger partial charge in [0.2, 0.25) is 0 Å². The summed E-state index contributed by atoms with van der Waals surface area (Å²) in [6.07, 6.45) is 3.54. The lowest BCUT2D eigenvalue weighted by Crippen LogP contribution is -2.69. The van der Waals surface area contributed by atoms with Crippen molar-refractivity contribution in [2.24, 2.45) is 0 Å². The maximum Gasteiger partial charge on any atom is 0.110 e. The van der Waals surface area contributed by atoms with Crippen LogP contribution < -0.4 is 0 Å². The molecule has 0 aliphatic rings. The molecule has 0 radical (unpaired) electrons. The molecule has 104 valence electrons. The second-order valence-electron chi connectivity index (χ2n) is 5.70. The lowest BCUT2D eigenvalue weighted by atomic mass is 9.94. The summed E-state index contributed by atoms with van der Waals surface area (Å²) < 4.78 is 1.07. The van der Waals surface area contributed by atoms with Crippen LogP contribution in [-0.2, 0) is 0 Å². The van der Waals surface area contributed by atoms with Crippen molar-refractivity contribution >= 4 is 0 Å². The van der Waals surface area contributed by atoms with Gasteiger partial charge in [-0.3, -0.25) is 0 Å². The Morgan fingerprint density at radius 3 is 1.18 bits per heavy atom. The van der Waals surface area contributed by atoms with Crippen molar-refractivity contribution in [3.8, 4) is 0 Å². The number of hydrogen-bond acceptors (Lipinski definition) is 1. The fourth-order valence-corrected chi connectivity index (χ4v) is 3.70. The zero-order valence-electron chi connectivity index (χ0n) is 13.0. The Bertz CT molecular complexity index is 160. The van der Waals surface area contributed by atoms with E-state index in [1.54, 1.807) is 0 Å². The van der Waals surface area contributed by atoms with E-state index in [0.717, 1.165) is 4.48 Å². The first kappa shape index (κ1) is 16.9. The first-order valence-electron chi connectivity index (χ1n) is 7.41. The number of aliphatic hydroxyl groups excluding tert-OH is 1. The van der Waals surface area contributed by atoms with Gasteiger partial charge in [0.25, 0.3) is 0 Å². The third kappa shape index (κ3) is 3.03. The molecule has 0 fully saturated rings. The molecule has 0 aromatic heterocycles. The maximum absolute atomic E-state index is 9.69. The summed E-state index contributed by atoms with van der Waals surface area (Å²) in [5, 5.41) is 9.69. The molecule has 0 aromatic carbocycles. The van der Waals surface area contributed by atoms with Gasteiger partial charge in [-0.15, -0.1) is 0 Å². The van der Waals surface area contributed by atoms with Crippen LogP contribution in [0.2, 0.25) is 0 Å². The maximum atomic E-state index is 9.69. The highest BCUT2D eigenvalue weighted by atomic mass is 16.3. The van der Waals surface area contributed by atoms with Crippen LogP contribution in [0, 0.1) is 0 Å². The van der Waals surface area contributed by atoms with Gasteiger partial charge in [-0.1, -0.05) is 20.8 Å². The number of aliphatic hydroxyl groups is 1. The fourth-order valence-electron chi connectivity index (χ4n) is 3.70. The molecule has 4 unspecified atom stereocenters. The third-order valence-electron chi connectivity index (χ3n) is 5.09. The molecule has 0 aliphatic heterocycles. The van der Waals surface area contributed by atoms with Crippen molar-refractivity contribution in [1.29, 1.82) is 0 Å². The molecule has 2 heteroatoms. The van der Waals surface area contributed by atoms with E-state index < -0.39 is 0 Å². The molecule has 17 heavy (non-hydrogen) atoms. The molecule has 0 saturated carbocycles. The summed E-state index contributed by atoms with van der Waals surface area (Å²) in [5.41, 5.74) is 0. The second kappa shape index (κ2) is 7.38. The molecule has 0 aromatic rings. The monoisotopic (exact) mass is 244 g/mol. The Morgan fingerprint density at radius 2 is 1.00 bits per heavy atom. The van der Waals surface area contributed by atoms with Gasteiger partial charge >= 0.3 is 0 Å². The molecular weight excluding hydrogens is 210 g/mol. The smallest absolute Gasteiger partial charge is 0.110 e. The first-order chi connectivity index (χ1) is 7.93. The molecule has 1 N–H and O–H groups in total. The number of rotatable bonds is 8. The summed E-state index contributed by atoms with van der Waals surface area (Å²) in [6.45, 7) is 16.4. The Balaban J connectivity index is 5.51. The van der Waals surface area contributed by atoms with Crippen molar-refractivity contribution in [2.75, 3.05) is 6.61 Å². The molecule has 0 spiro atoms. The minimum atomic E-state index is 0.291. The molecule has 0 rings (SSSR count). The van der Waals surface area contributed by atoms with Crippen LogP contribution in [0.4, 0.5) is 0 Å². The molecular formula is C15H34NO+. The van der Waals surface area contributed by atoms with Crippen LogP contribution >= 0.6 is 0 Å². The van der Waals surface area contributed by atoms with Gasteiger partial charge < -0.3 is 9.59 Å². The van der Waals surface area contributed by atoms with Gasteiger partial charge in [-0.2, -0.15) is 0 Å². The van der Waals surface area contributed by atoms with Crippen LogP contribution in [-0.4, -0.2) is 40.4 Å². The quantitative estimate of drug-likeness (QED) is 0.647. The SMILES string of the molecule is CCC(C)[N+](C(C)CC)(C(C)CC)C(C)CO. The van der Waals surface area contributed by atoms with Gasteiger partial charge in [0, 0.05) is 0 Å². The van der Waals surface area contributed by atoms with Crippen LogP contribution in [0.25, 0.3) is 0 Å². The zero-order chi connectivity index (χ0) is 13.6. The molecule has 4 atom stereocenters. The third-order valence-corrected chi connectivity index (χ3v) is 5.09. The summed E-state index contributed by atoms with van der Waals surface area (Å²) in [6, 6.07) is 2.17. The van der Waals surface area contributed by atoms with E-state index in [-0.39, 0.29) is 0 Å². The Labute approximate surface area is 109 Å². The minimum absolute atomic E-state index is 0.291. The first-order valence-corrected chi connectivity index (χ1v) is 7.41. The predicted molar refractivity (Wildman–Crippen MR) is 76.1 cm³/mol. The van der Waals surface area contributed by atoms with E-state index in [1.807, 2.05) is 0 Å². The van der Waals surface area contributed by atoms with Gasteiger partial charge in [0.15, 0.2) is 0 Å². The fraction of sp³-hybridized carbons (Fsp3) is 1.00. The van der Waals surface area contributed by atoms with E-state index >= 15 is 0 Å². The molecule has 0 heterocycles. The number of nitrogens with zero attached hydrogens (tertiary/aromatic N) is 1. The van der Waals surface area contributed by atoms with Gasteiger partial charge in [-0.25, -0.2) is 0 Å². The zero-order valence-corrected chi connectivity index (χ0v) is 13.0. The van der Waals surface area contributed by atoms with Gasteiger partial charge in [0.1, 0.15) is 6.04 Å². The lowest BCUT2D eigenvalue weighted by molar-refractivity contribution is -1.01. The normalized spacial score (nSPS) is 22.6. The molecule has 0 aliphatic carbocycles. The highest BCUT2D eigenvalue weighted by Gasteiger charge is 2.45. The highest BCUT2D eigenvalue weighted by molar-refractivity contribution is 4.69. The molecule has 0 bridgehead atoms. The van der Waals surface area contributed by atoms with E-state index in [2.05, 4.69) is 48.5 Å². The van der Waals surface area contributed by atoms with Crippen LogP contribution in [0.1, 0.15) is 67.7 Å². The van der Waals surface area contributed by atoms with Crippen molar-refractivity contribution in [1.82, 2.24) is 0 Å². The highest BCUT2D eigenvalue weighted by Crippen LogP contribution is 2.33. The van der Waals surface area contributed by atoms with E-state index in [0.29, 0.717) is 30.8 Å². The number of quaternary nitrogens is 1. The molecule has 0 amide bonds. The van der Waals surface area contributed by atoms with Crippen molar-refractivity contribution in [3.63, 3.8) is 0 Å². The van der Waals surface area contributed by atoms with E-state index in [4.69, 9.17) is 0 Å². The average molecular weight is 244 g/mol. The Morgan fingerprint density at radius 1 is 0.706 bits per heavy atom. The standard InChI is InChI=1S/C15H34NO/c1-8-12(4)16(13(5)9-2,14(6)10-3)15(7)11-17/h12-15,17H,8-11H2,1-7H3/q+1. The largest absolute Gasteiger partial charge is 0.390 e. The van der Waals surface area contributed by atoms with Crippen molar-refractivity contribution in [3.05, 3.63) is 0 Å². The average Bonchev–Trinajstić information content (AvgIpc) is 2.37. The molecule has 0 saturated heterocycles. The lowest BCUT2D eigenvalue weighted by Gasteiger charge is -2.55.